The summed E-state index contributed by atoms with van der Waals surface area (Å²) in [5.41, 5.74) is 8.22. The Morgan fingerprint density at radius 3 is 2.60 bits per heavy atom. The van der Waals surface area contributed by atoms with Crippen molar-refractivity contribution in [1.82, 2.24) is 15.1 Å². The van der Waals surface area contributed by atoms with Crippen molar-refractivity contribution in [2.24, 2.45) is 5.73 Å². The molecule has 2 N–H and O–H groups in total. The molecule has 4 rings (SSSR count). The molecule has 2 aromatic heterocycles. The molecule has 0 radical (unpaired) electrons. The first-order valence-electron chi connectivity index (χ1n) is 8.30. The Balaban J connectivity index is 0.00000182. The van der Waals surface area contributed by atoms with E-state index in [1.54, 1.807) is 11.3 Å². The number of hydrogen-bond donors (Lipinski definition) is 1. The summed E-state index contributed by atoms with van der Waals surface area (Å²) >= 11 is 1.67. The van der Waals surface area contributed by atoms with Crippen molar-refractivity contribution in [3.63, 3.8) is 0 Å². The van der Waals surface area contributed by atoms with Gasteiger partial charge in [0.1, 0.15) is 0 Å². The van der Waals surface area contributed by atoms with Gasteiger partial charge < -0.3 is 10.3 Å². The largest absolute Gasteiger partial charge is 0.339 e. The number of halogens is 1. The molecule has 0 atom stereocenters. The number of aromatic nitrogens is 3. The molecule has 1 aliphatic carbocycles. The van der Waals surface area contributed by atoms with E-state index in [1.165, 1.54) is 5.56 Å². The van der Waals surface area contributed by atoms with Crippen molar-refractivity contribution in [2.45, 2.75) is 44.1 Å². The molecule has 1 saturated carbocycles. The Kier molecular flexibility index (Phi) is 5.51. The summed E-state index contributed by atoms with van der Waals surface area (Å²) in [6.07, 6.45) is 5.55. The maximum atomic E-state index is 6.38. The summed E-state index contributed by atoms with van der Waals surface area (Å²) in [5.74, 6) is 1.24. The van der Waals surface area contributed by atoms with Gasteiger partial charge in [0.25, 0.3) is 0 Å². The van der Waals surface area contributed by atoms with E-state index in [1.807, 2.05) is 6.07 Å². The van der Waals surface area contributed by atoms with E-state index < -0.39 is 5.54 Å². The fraction of sp³-hybridized carbons (Fsp3) is 0.389. The Bertz CT molecular complexity index is 811. The van der Waals surface area contributed by atoms with Gasteiger partial charge in [-0.3, -0.25) is 0 Å². The SMILES string of the molecule is Cl.NC1(c2noc(Cc3csc(Cc4ccccc4)n3)n2)CCCC1. The summed E-state index contributed by atoms with van der Waals surface area (Å²) in [6.45, 7) is 0. The van der Waals surface area contributed by atoms with Gasteiger partial charge in [-0.2, -0.15) is 4.98 Å². The number of nitrogens with zero attached hydrogens (tertiary/aromatic N) is 3. The van der Waals surface area contributed by atoms with Crippen LogP contribution >= 0.6 is 23.7 Å². The number of benzene rings is 1. The van der Waals surface area contributed by atoms with E-state index in [0.29, 0.717) is 18.1 Å². The molecule has 2 heterocycles. The lowest BCUT2D eigenvalue weighted by Gasteiger charge is -2.17. The van der Waals surface area contributed by atoms with Gasteiger partial charge in [0.2, 0.25) is 5.89 Å². The van der Waals surface area contributed by atoms with Crippen LogP contribution in [-0.2, 0) is 18.4 Å². The van der Waals surface area contributed by atoms with Gasteiger partial charge in [-0.05, 0) is 18.4 Å². The quantitative estimate of drug-likeness (QED) is 0.731. The first kappa shape index (κ1) is 18.0. The van der Waals surface area contributed by atoms with E-state index >= 15 is 0 Å². The maximum absolute atomic E-state index is 6.38. The molecule has 1 aliphatic rings. The smallest absolute Gasteiger partial charge is 0.232 e. The van der Waals surface area contributed by atoms with Gasteiger partial charge in [-0.1, -0.05) is 48.3 Å². The van der Waals surface area contributed by atoms with Crippen LogP contribution in [0.4, 0.5) is 0 Å². The van der Waals surface area contributed by atoms with Crippen LogP contribution < -0.4 is 5.73 Å². The second-order valence-corrected chi connectivity index (χ2v) is 7.39. The standard InChI is InChI=1S/C18H20N4OS.ClH/c19-18(8-4-5-9-18)17-21-15(23-22-17)11-14-12-24-16(20-14)10-13-6-2-1-3-7-13;/h1-3,6-7,12H,4-5,8-11,19H2;1H. The lowest BCUT2D eigenvalue weighted by atomic mass is 9.99. The Labute approximate surface area is 157 Å². The molecule has 1 aromatic carbocycles. The van der Waals surface area contributed by atoms with E-state index in [9.17, 15) is 0 Å². The van der Waals surface area contributed by atoms with Gasteiger partial charge in [0.05, 0.1) is 22.7 Å². The second-order valence-electron chi connectivity index (χ2n) is 6.45. The topological polar surface area (TPSA) is 77.8 Å². The summed E-state index contributed by atoms with van der Waals surface area (Å²) in [5, 5.41) is 7.27. The molecule has 0 bridgehead atoms. The highest BCUT2D eigenvalue weighted by Gasteiger charge is 2.35. The third kappa shape index (κ3) is 4.08. The zero-order chi connectivity index (χ0) is 16.4. The van der Waals surface area contributed by atoms with Crippen LogP contribution in [-0.4, -0.2) is 15.1 Å². The average molecular weight is 377 g/mol. The minimum absolute atomic E-state index is 0. The van der Waals surface area contributed by atoms with Crippen LogP contribution in [0.25, 0.3) is 0 Å². The van der Waals surface area contributed by atoms with Crippen molar-refractivity contribution < 1.29 is 4.52 Å². The highest BCUT2D eigenvalue weighted by atomic mass is 35.5. The summed E-state index contributed by atoms with van der Waals surface area (Å²) in [6, 6.07) is 10.4. The molecule has 7 heteroatoms. The van der Waals surface area contributed by atoms with Crippen molar-refractivity contribution in [3.8, 4) is 0 Å². The number of nitrogens with two attached hydrogens (primary N) is 1. The zero-order valence-corrected chi connectivity index (χ0v) is 15.5. The molecule has 0 amide bonds. The fourth-order valence-corrected chi connectivity index (χ4v) is 4.02. The summed E-state index contributed by atoms with van der Waals surface area (Å²) in [7, 11) is 0. The molecular formula is C18H21ClN4OS. The van der Waals surface area contributed by atoms with Gasteiger partial charge >= 0.3 is 0 Å². The minimum atomic E-state index is -0.401. The average Bonchev–Trinajstić information content (AvgIpc) is 3.31. The molecule has 5 nitrogen and oxygen atoms in total. The van der Waals surface area contributed by atoms with Gasteiger partial charge in [-0.25, -0.2) is 4.98 Å². The number of rotatable bonds is 5. The Morgan fingerprint density at radius 2 is 1.84 bits per heavy atom. The van der Waals surface area contributed by atoms with Gasteiger partial charge in [0.15, 0.2) is 5.82 Å². The lowest BCUT2D eigenvalue weighted by molar-refractivity contribution is 0.352. The molecule has 1 fully saturated rings. The third-order valence-corrected chi connectivity index (χ3v) is 5.44. The van der Waals surface area contributed by atoms with Crippen LogP contribution in [0.15, 0.2) is 40.2 Å². The third-order valence-electron chi connectivity index (χ3n) is 4.54. The molecule has 132 valence electrons. The van der Waals surface area contributed by atoms with Crippen LogP contribution in [0.2, 0.25) is 0 Å². The van der Waals surface area contributed by atoms with Crippen molar-refractivity contribution in [3.05, 3.63) is 63.7 Å². The second kappa shape index (κ2) is 7.64. The van der Waals surface area contributed by atoms with Crippen molar-refractivity contribution in [2.75, 3.05) is 0 Å². The lowest BCUT2D eigenvalue weighted by Crippen LogP contribution is -2.34. The highest BCUT2D eigenvalue weighted by Crippen LogP contribution is 2.34. The first-order chi connectivity index (χ1) is 11.7. The molecule has 3 aromatic rings. The zero-order valence-electron chi connectivity index (χ0n) is 13.9. The van der Waals surface area contributed by atoms with Crippen LogP contribution in [0, 0.1) is 0 Å². The molecule has 0 aliphatic heterocycles. The fourth-order valence-electron chi connectivity index (χ4n) is 3.20. The van der Waals surface area contributed by atoms with E-state index in [0.717, 1.165) is 42.8 Å². The number of thiazole rings is 1. The van der Waals surface area contributed by atoms with Crippen molar-refractivity contribution in [1.29, 1.82) is 0 Å². The van der Waals surface area contributed by atoms with Crippen LogP contribution in [0.5, 0.6) is 0 Å². The maximum Gasteiger partial charge on any atom is 0.232 e. The van der Waals surface area contributed by atoms with Crippen LogP contribution in [0.3, 0.4) is 0 Å². The molecule has 0 spiro atoms. The normalized spacial score (nSPS) is 15.9. The first-order valence-corrected chi connectivity index (χ1v) is 9.18. The van der Waals surface area contributed by atoms with Crippen LogP contribution in [0.1, 0.15) is 53.7 Å². The highest BCUT2D eigenvalue weighted by molar-refractivity contribution is 7.09. The van der Waals surface area contributed by atoms with Gasteiger partial charge in [-0.15, -0.1) is 23.7 Å². The predicted octanol–water partition coefficient (Wildman–Crippen LogP) is 3.86. The summed E-state index contributed by atoms with van der Waals surface area (Å²) < 4.78 is 5.40. The summed E-state index contributed by atoms with van der Waals surface area (Å²) in [4.78, 5) is 9.20. The Hall–Kier alpha value is -1.76. The van der Waals surface area contributed by atoms with E-state index in [-0.39, 0.29) is 12.4 Å². The Morgan fingerprint density at radius 1 is 1.08 bits per heavy atom. The van der Waals surface area contributed by atoms with E-state index in [4.69, 9.17) is 10.3 Å². The number of hydrogen-bond acceptors (Lipinski definition) is 6. The molecule has 25 heavy (non-hydrogen) atoms. The van der Waals surface area contributed by atoms with Crippen molar-refractivity contribution >= 4 is 23.7 Å². The molecule has 0 saturated heterocycles. The monoisotopic (exact) mass is 376 g/mol. The molecular weight excluding hydrogens is 356 g/mol. The van der Waals surface area contributed by atoms with E-state index in [2.05, 4.69) is 44.8 Å². The van der Waals surface area contributed by atoms with Gasteiger partial charge in [0, 0.05) is 11.8 Å². The molecule has 0 unspecified atom stereocenters. The minimum Gasteiger partial charge on any atom is -0.339 e. The predicted molar refractivity (Wildman–Crippen MR) is 100 cm³/mol.